The van der Waals surface area contributed by atoms with Crippen molar-refractivity contribution in [2.75, 3.05) is 17.2 Å². The number of carbonyl (C=O) groups is 1. The monoisotopic (exact) mass is 273 g/mol. The van der Waals surface area contributed by atoms with Gasteiger partial charge in [0.1, 0.15) is 0 Å². The largest absolute Gasteiger partial charge is 0.465 e. The van der Waals surface area contributed by atoms with Gasteiger partial charge in [0.15, 0.2) is 0 Å². The molecular formula is C15H15NO2S. The number of nitrogens with zero attached hydrogens (tertiary/aromatic N) is 1. The lowest BCUT2D eigenvalue weighted by Gasteiger charge is -2.18. The van der Waals surface area contributed by atoms with Crippen LogP contribution in [0.3, 0.4) is 0 Å². The summed E-state index contributed by atoms with van der Waals surface area (Å²) in [6.07, 6.45) is -0.917. The Morgan fingerprint density at radius 2 is 1.58 bits per heavy atom. The Bertz CT molecular complexity index is 516. The fraction of sp³-hybridized carbons (Fsp3) is 0.133. The number of thioether (sulfide) groups is 1. The van der Waals surface area contributed by atoms with Gasteiger partial charge in [-0.2, -0.15) is 0 Å². The van der Waals surface area contributed by atoms with Crippen molar-refractivity contribution in [1.82, 2.24) is 0 Å². The van der Waals surface area contributed by atoms with Gasteiger partial charge in [-0.15, -0.1) is 11.8 Å². The van der Waals surface area contributed by atoms with Gasteiger partial charge in [-0.3, -0.25) is 4.90 Å². The summed E-state index contributed by atoms with van der Waals surface area (Å²) >= 11 is 1.66. The summed E-state index contributed by atoms with van der Waals surface area (Å²) in [5, 5.41) is 9.24. The number of amides is 1. The minimum atomic E-state index is -0.917. The first-order valence-corrected chi connectivity index (χ1v) is 6.99. The molecule has 0 atom stereocenters. The zero-order valence-corrected chi connectivity index (χ0v) is 11.2. The Balaban J connectivity index is 1.94. The van der Waals surface area contributed by atoms with Gasteiger partial charge in [0.25, 0.3) is 0 Å². The van der Waals surface area contributed by atoms with E-state index in [1.165, 1.54) is 4.90 Å². The number of carboxylic acid groups (broad SMARTS) is 1. The van der Waals surface area contributed by atoms with Crippen molar-refractivity contribution in [1.29, 1.82) is 0 Å². The standard InChI is InChI=1S/C15H15NO2S/c17-15(18)16(13-7-3-1-4-8-13)11-12-19-14-9-5-2-6-10-14/h1-10H,11-12H2,(H,17,18). The Hall–Kier alpha value is -1.94. The van der Waals surface area contributed by atoms with E-state index < -0.39 is 6.09 Å². The molecule has 0 radical (unpaired) electrons. The first-order valence-electron chi connectivity index (χ1n) is 6.01. The normalized spacial score (nSPS) is 10.1. The fourth-order valence-electron chi connectivity index (χ4n) is 1.71. The highest BCUT2D eigenvalue weighted by atomic mass is 32.2. The second kappa shape index (κ2) is 6.85. The molecule has 2 rings (SSSR count). The van der Waals surface area contributed by atoms with Crippen molar-refractivity contribution < 1.29 is 9.90 Å². The van der Waals surface area contributed by atoms with E-state index in [0.717, 1.165) is 10.6 Å². The van der Waals surface area contributed by atoms with Crippen molar-refractivity contribution >= 4 is 23.5 Å². The van der Waals surface area contributed by atoms with E-state index in [2.05, 4.69) is 0 Å². The molecule has 0 aromatic heterocycles. The number of anilines is 1. The lowest BCUT2D eigenvalue weighted by molar-refractivity contribution is 0.202. The summed E-state index contributed by atoms with van der Waals surface area (Å²) in [6, 6.07) is 19.2. The minimum Gasteiger partial charge on any atom is -0.465 e. The Morgan fingerprint density at radius 3 is 2.16 bits per heavy atom. The molecule has 0 heterocycles. The van der Waals surface area contributed by atoms with Crippen LogP contribution >= 0.6 is 11.8 Å². The van der Waals surface area contributed by atoms with Crippen molar-refractivity contribution in [3.63, 3.8) is 0 Å². The van der Waals surface area contributed by atoms with Gasteiger partial charge in [0.05, 0.1) is 0 Å². The maximum absolute atomic E-state index is 11.3. The average Bonchev–Trinajstić information content (AvgIpc) is 2.45. The number of hydrogen-bond donors (Lipinski definition) is 1. The van der Waals surface area contributed by atoms with E-state index >= 15 is 0 Å². The van der Waals surface area contributed by atoms with E-state index in [1.807, 2.05) is 48.5 Å². The maximum atomic E-state index is 11.3. The maximum Gasteiger partial charge on any atom is 0.411 e. The van der Waals surface area contributed by atoms with E-state index in [9.17, 15) is 9.90 Å². The summed E-state index contributed by atoms with van der Waals surface area (Å²) in [4.78, 5) is 13.8. The van der Waals surface area contributed by atoms with Gasteiger partial charge in [-0.05, 0) is 24.3 Å². The van der Waals surface area contributed by atoms with Crippen LogP contribution in [0.5, 0.6) is 0 Å². The smallest absolute Gasteiger partial charge is 0.411 e. The molecule has 0 spiro atoms. The molecule has 3 nitrogen and oxygen atoms in total. The summed E-state index contributed by atoms with van der Waals surface area (Å²) < 4.78 is 0. The first-order chi connectivity index (χ1) is 9.27. The van der Waals surface area contributed by atoms with Gasteiger partial charge in [0, 0.05) is 22.9 Å². The van der Waals surface area contributed by atoms with Gasteiger partial charge in [0.2, 0.25) is 0 Å². The molecule has 4 heteroatoms. The van der Waals surface area contributed by atoms with Crippen LogP contribution in [-0.4, -0.2) is 23.5 Å². The van der Waals surface area contributed by atoms with Crippen LogP contribution in [-0.2, 0) is 0 Å². The van der Waals surface area contributed by atoms with Gasteiger partial charge >= 0.3 is 6.09 Å². The van der Waals surface area contributed by atoms with Crippen LogP contribution in [0, 0.1) is 0 Å². The second-order valence-electron chi connectivity index (χ2n) is 3.93. The minimum absolute atomic E-state index is 0.471. The third kappa shape index (κ3) is 4.03. The number of hydrogen-bond acceptors (Lipinski definition) is 2. The number of rotatable bonds is 5. The lowest BCUT2D eigenvalue weighted by Crippen LogP contribution is -2.31. The molecule has 0 saturated carbocycles. The molecule has 0 aliphatic rings. The average molecular weight is 273 g/mol. The lowest BCUT2D eigenvalue weighted by atomic mass is 10.3. The van der Waals surface area contributed by atoms with Crippen LogP contribution in [0.25, 0.3) is 0 Å². The molecule has 0 unspecified atom stereocenters. The van der Waals surface area contributed by atoms with E-state index in [-0.39, 0.29) is 0 Å². The predicted octanol–water partition coefficient (Wildman–Crippen LogP) is 3.96. The molecule has 0 aliphatic heterocycles. The molecule has 19 heavy (non-hydrogen) atoms. The van der Waals surface area contributed by atoms with Gasteiger partial charge in [-0.25, -0.2) is 4.79 Å². The summed E-state index contributed by atoms with van der Waals surface area (Å²) in [7, 11) is 0. The zero-order valence-electron chi connectivity index (χ0n) is 10.4. The van der Waals surface area contributed by atoms with E-state index in [4.69, 9.17) is 0 Å². The molecule has 1 amide bonds. The second-order valence-corrected chi connectivity index (χ2v) is 5.10. The van der Waals surface area contributed by atoms with Crippen molar-refractivity contribution in [2.24, 2.45) is 0 Å². The predicted molar refractivity (Wildman–Crippen MR) is 79.0 cm³/mol. The highest BCUT2D eigenvalue weighted by molar-refractivity contribution is 7.99. The van der Waals surface area contributed by atoms with Gasteiger partial charge in [-0.1, -0.05) is 36.4 Å². The van der Waals surface area contributed by atoms with Crippen LogP contribution < -0.4 is 4.90 Å². The van der Waals surface area contributed by atoms with E-state index in [1.54, 1.807) is 23.9 Å². The fourth-order valence-corrected chi connectivity index (χ4v) is 2.57. The zero-order chi connectivity index (χ0) is 13.5. The molecule has 0 bridgehead atoms. The molecular weight excluding hydrogens is 258 g/mol. The first kappa shape index (κ1) is 13.5. The Kier molecular flexibility index (Phi) is 4.86. The van der Waals surface area contributed by atoms with Crippen LogP contribution in [0.15, 0.2) is 65.6 Å². The summed E-state index contributed by atoms with van der Waals surface area (Å²) in [5.74, 6) is 0.727. The van der Waals surface area contributed by atoms with E-state index in [0.29, 0.717) is 12.2 Å². The molecule has 0 aliphatic carbocycles. The number of para-hydroxylation sites is 1. The van der Waals surface area contributed by atoms with Crippen molar-refractivity contribution in [2.45, 2.75) is 4.90 Å². The quantitative estimate of drug-likeness (QED) is 0.838. The highest BCUT2D eigenvalue weighted by Crippen LogP contribution is 2.19. The van der Waals surface area contributed by atoms with Crippen LogP contribution in [0.4, 0.5) is 10.5 Å². The number of benzene rings is 2. The topological polar surface area (TPSA) is 40.5 Å². The molecule has 1 N–H and O–H groups in total. The van der Waals surface area contributed by atoms with Crippen molar-refractivity contribution in [3.8, 4) is 0 Å². The van der Waals surface area contributed by atoms with Crippen LogP contribution in [0.1, 0.15) is 0 Å². The van der Waals surface area contributed by atoms with Gasteiger partial charge < -0.3 is 5.11 Å². The van der Waals surface area contributed by atoms with Crippen LogP contribution in [0.2, 0.25) is 0 Å². The van der Waals surface area contributed by atoms with Crippen molar-refractivity contribution in [3.05, 3.63) is 60.7 Å². The Morgan fingerprint density at radius 1 is 1.00 bits per heavy atom. The molecule has 2 aromatic carbocycles. The molecule has 2 aromatic rings. The molecule has 98 valence electrons. The third-order valence-corrected chi connectivity index (χ3v) is 3.62. The molecule has 0 saturated heterocycles. The highest BCUT2D eigenvalue weighted by Gasteiger charge is 2.13. The Labute approximate surface area is 116 Å². The summed E-state index contributed by atoms with van der Waals surface area (Å²) in [5.41, 5.74) is 0.712. The molecule has 0 fully saturated rings. The third-order valence-electron chi connectivity index (χ3n) is 2.63. The SMILES string of the molecule is O=C(O)N(CCSc1ccccc1)c1ccccc1. The summed E-state index contributed by atoms with van der Waals surface area (Å²) in [6.45, 7) is 0.471.